The van der Waals surface area contributed by atoms with Crippen molar-refractivity contribution in [3.05, 3.63) is 64.4 Å². The van der Waals surface area contributed by atoms with Crippen molar-refractivity contribution in [2.24, 2.45) is 0 Å². The first-order valence-electron chi connectivity index (χ1n) is 6.08. The Bertz CT molecular complexity index is 587. The van der Waals surface area contributed by atoms with Gasteiger partial charge >= 0.3 is 0 Å². The van der Waals surface area contributed by atoms with E-state index in [0.717, 1.165) is 4.47 Å². The summed E-state index contributed by atoms with van der Waals surface area (Å²) in [6.45, 7) is 0.630. The zero-order valence-corrected chi connectivity index (χ0v) is 12.2. The number of hydrogen-bond acceptors (Lipinski definition) is 2. The second kappa shape index (κ2) is 7.05. The Morgan fingerprint density at radius 1 is 1.15 bits per heavy atom. The van der Waals surface area contributed by atoms with Gasteiger partial charge < -0.3 is 10.1 Å². The predicted octanol–water partition coefficient (Wildman–Crippen LogP) is 3.40. The van der Waals surface area contributed by atoms with E-state index < -0.39 is 11.7 Å². The van der Waals surface area contributed by atoms with Gasteiger partial charge in [0.2, 0.25) is 0 Å². The zero-order chi connectivity index (χ0) is 14.4. The normalized spacial score (nSPS) is 10.1. The summed E-state index contributed by atoms with van der Waals surface area (Å²) in [5, 5.41) is 2.61. The summed E-state index contributed by atoms with van der Waals surface area (Å²) in [6, 6.07) is 13.2. The van der Waals surface area contributed by atoms with Gasteiger partial charge in [-0.1, -0.05) is 28.1 Å². The quantitative estimate of drug-likeness (QED) is 0.849. The first-order valence-corrected chi connectivity index (χ1v) is 6.87. The number of amides is 1. The van der Waals surface area contributed by atoms with Crippen molar-refractivity contribution in [1.82, 2.24) is 5.32 Å². The molecule has 2 rings (SSSR count). The lowest BCUT2D eigenvalue weighted by molar-refractivity contribution is 0.0943. The van der Waals surface area contributed by atoms with Gasteiger partial charge in [0, 0.05) is 4.47 Å². The second-order valence-corrected chi connectivity index (χ2v) is 4.95. The molecule has 0 aromatic heterocycles. The molecule has 0 heterocycles. The van der Waals surface area contributed by atoms with E-state index in [1.165, 1.54) is 12.1 Å². The molecule has 0 saturated carbocycles. The van der Waals surface area contributed by atoms with Crippen molar-refractivity contribution in [1.29, 1.82) is 0 Å². The largest absolute Gasteiger partial charge is 0.492 e. The van der Waals surface area contributed by atoms with E-state index >= 15 is 0 Å². The summed E-state index contributed by atoms with van der Waals surface area (Å²) >= 11 is 3.33. The molecule has 3 nitrogen and oxygen atoms in total. The van der Waals surface area contributed by atoms with Gasteiger partial charge in [0.05, 0.1) is 12.1 Å². The lowest BCUT2D eigenvalue weighted by Gasteiger charge is -2.08. The molecule has 0 bridgehead atoms. The summed E-state index contributed by atoms with van der Waals surface area (Å²) in [7, 11) is 0. The van der Waals surface area contributed by atoms with Gasteiger partial charge in [-0.05, 0) is 36.4 Å². The van der Waals surface area contributed by atoms with Crippen molar-refractivity contribution in [3.63, 3.8) is 0 Å². The summed E-state index contributed by atoms with van der Waals surface area (Å²) in [6.07, 6.45) is 0. The van der Waals surface area contributed by atoms with Crippen LogP contribution in [0.15, 0.2) is 53.0 Å². The van der Waals surface area contributed by atoms with Crippen LogP contribution in [0.5, 0.6) is 5.75 Å². The number of halogens is 2. The number of carbonyl (C=O) groups excluding carboxylic acids is 1. The summed E-state index contributed by atoms with van der Waals surface area (Å²) in [5.74, 6) is -0.255. The Kier molecular flexibility index (Phi) is 5.12. The molecule has 1 amide bonds. The molecule has 2 aromatic carbocycles. The molecule has 0 aliphatic heterocycles. The van der Waals surface area contributed by atoms with E-state index in [4.69, 9.17) is 4.74 Å². The number of ether oxygens (including phenoxy) is 1. The summed E-state index contributed by atoms with van der Waals surface area (Å²) in [5.41, 5.74) is 0.0381. The molecule has 2 aromatic rings. The minimum absolute atomic E-state index is 0.0381. The third kappa shape index (κ3) is 4.06. The molecule has 0 fully saturated rings. The highest BCUT2D eigenvalue weighted by Gasteiger charge is 2.09. The van der Waals surface area contributed by atoms with Gasteiger partial charge in [-0.2, -0.15) is 0 Å². The van der Waals surface area contributed by atoms with E-state index in [2.05, 4.69) is 21.2 Å². The van der Waals surface area contributed by atoms with E-state index in [1.54, 1.807) is 12.1 Å². The van der Waals surface area contributed by atoms with Crippen LogP contribution < -0.4 is 10.1 Å². The first kappa shape index (κ1) is 14.5. The van der Waals surface area contributed by atoms with Crippen molar-refractivity contribution in [2.45, 2.75) is 0 Å². The Hall–Kier alpha value is -1.88. The lowest BCUT2D eigenvalue weighted by Crippen LogP contribution is -2.28. The standard InChI is InChI=1S/C15H13BrFNO2/c16-11-5-7-12(8-6-11)20-10-9-18-15(19)13-3-1-2-4-14(13)17/h1-8H,9-10H2,(H,18,19). The Morgan fingerprint density at radius 3 is 2.55 bits per heavy atom. The molecular weight excluding hydrogens is 325 g/mol. The fourth-order valence-electron chi connectivity index (χ4n) is 1.60. The molecule has 0 saturated heterocycles. The fraction of sp³-hybridized carbons (Fsp3) is 0.133. The third-order valence-corrected chi connectivity index (χ3v) is 3.12. The van der Waals surface area contributed by atoms with Crippen LogP contribution in [0.4, 0.5) is 4.39 Å². The Morgan fingerprint density at radius 2 is 1.85 bits per heavy atom. The maximum Gasteiger partial charge on any atom is 0.254 e. The molecule has 0 unspecified atom stereocenters. The van der Waals surface area contributed by atoms with Crippen LogP contribution in [-0.2, 0) is 0 Å². The maximum absolute atomic E-state index is 13.4. The number of benzene rings is 2. The van der Waals surface area contributed by atoms with Crippen LogP contribution in [-0.4, -0.2) is 19.1 Å². The van der Waals surface area contributed by atoms with Crippen molar-refractivity contribution in [3.8, 4) is 5.75 Å². The number of nitrogens with one attached hydrogen (secondary N) is 1. The maximum atomic E-state index is 13.4. The number of carbonyl (C=O) groups is 1. The summed E-state index contributed by atoms with van der Waals surface area (Å²) in [4.78, 5) is 11.7. The van der Waals surface area contributed by atoms with Crippen molar-refractivity contribution >= 4 is 21.8 Å². The topological polar surface area (TPSA) is 38.3 Å². The highest BCUT2D eigenvalue weighted by molar-refractivity contribution is 9.10. The summed E-state index contributed by atoms with van der Waals surface area (Å²) < 4.78 is 19.8. The van der Waals surface area contributed by atoms with Gasteiger partial charge in [0.25, 0.3) is 5.91 Å². The predicted molar refractivity (Wildman–Crippen MR) is 78.4 cm³/mol. The van der Waals surface area contributed by atoms with E-state index in [9.17, 15) is 9.18 Å². The fourth-order valence-corrected chi connectivity index (χ4v) is 1.87. The van der Waals surface area contributed by atoms with Crippen LogP contribution in [0, 0.1) is 5.82 Å². The molecule has 0 radical (unpaired) electrons. The van der Waals surface area contributed by atoms with Gasteiger partial charge in [-0.15, -0.1) is 0 Å². The highest BCUT2D eigenvalue weighted by Crippen LogP contribution is 2.15. The molecule has 0 spiro atoms. The zero-order valence-electron chi connectivity index (χ0n) is 10.6. The second-order valence-electron chi connectivity index (χ2n) is 4.04. The third-order valence-electron chi connectivity index (χ3n) is 2.59. The average molecular weight is 338 g/mol. The monoisotopic (exact) mass is 337 g/mol. The van der Waals surface area contributed by atoms with Crippen molar-refractivity contribution in [2.75, 3.05) is 13.2 Å². The van der Waals surface area contributed by atoms with Gasteiger partial charge in [0.15, 0.2) is 0 Å². The van der Waals surface area contributed by atoms with Crippen LogP contribution in [0.3, 0.4) is 0 Å². The van der Waals surface area contributed by atoms with Gasteiger partial charge in [0.1, 0.15) is 18.2 Å². The Labute approximate surface area is 124 Å². The van der Waals surface area contributed by atoms with E-state index in [-0.39, 0.29) is 5.56 Å². The van der Waals surface area contributed by atoms with Crippen LogP contribution in [0.2, 0.25) is 0 Å². The number of hydrogen-bond donors (Lipinski definition) is 1. The molecule has 0 aliphatic carbocycles. The van der Waals surface area contributed by atoms with E-state index in [0.29, 0.717) is 18.9 Å². The minimum Gasteiger partial charge on any atom is -0.492 e. The molecular formula is C15H13BrFNO2. The smallest absolute Gasteiger partial charge is 0.254 e. The van der Waals surface area contributed by atoms with Crippen LogP contribution in [0.25, 0.3) is 0 Å². The molecule has 1 N–H and O–H groups in total. The highest BCUT2D eigenvalue weighted by atomic mass is 79.9. The molecule has 104 valence electrons. The SMILES string of the molecule is O=C(NCCOc1ccc(Br)cc1)c1ccccc1F. The van der Waals surface area contributed by atoms with Crippen molar-refractivity contribution < 1.29 is 13.9 Å². The number of rotatable bonds is 5. The van der Waals surface area contributed by atoms with Gasteiger partial charge in [-0.3, -0.25) is 4.79 Å². The molecule has 20 heavy (non-hydrogen) atoms. The van der Waals surface area contributed by atoms with Crippen LogP contribution >= 0.6 is 15.9 Å². The first-order chi connectivity index (χ1) is 9.66. The molecule has 5 heteroatoms. The van der Waals surface area contributed by atoms with E-state index in [1.807, 2.05) is 24.3 Å². The average Bonchev–Trinajstić information content (AvgIpc) is 2.46. The Balaban J connectivity index is 1.77. The lowest BCUT2D eigenvalue weighted by atomic mass is 10.2. The minimum atomic E-state index is -0.529. The molecule has 0 aliphatic rings. The molecule has 0 atom stereocenters. The van der Waals surface area contributed by atoms with Crippen LogP contribution in [0.1, 0.15) is 10.4 Å². The van der Waals surface area contributed by atoms with Gasteiger partial charge in [-0.25, -0.2) is 4.39 Å².